The minimum atomic E-state index is 0.419. The molecular weight excluding hydrogens is 200 g/mol. The van der Waals surface area contributed by atoms with E-state index in [1.165, 1.54) is 25.9 Å². The van der Waals surface area contributed by atoms with E-state index in [4.69, 9.17) is 4.42 Å². The molecule has 0 aliphatic carbocycles. The molecule has 0 amide bonds. The third-order valence-electron chi connectivity index (χ3n) is 4.17. The van der Waals surface area contributed by atoms with Gasteiger partial charge in [-0.05, 0) is 50.9 Å². The topological polar surface area (TPSA) is 28.4 Å². The molecule has 1 aromatic heterocycles. The molecule has 3 heteroatoms. The Hall–Kier alpha value is -0.800. The molecule has 3 atom stereocenters. The van der Waals surface area contributed by atoms with Crippen LogP contribution >= 0.6 is 0 Å². The van der Waals surface area contributed by atoms with Gasteiger partial charge in [0.25, 0.3) is 0 Å². The normalized spacial score (nSPS) is 32.6. The van der Waals surface area contributed by atoms with E-state index in [2.05, 4.69) is 23.2 Å². The van der Waals surface area contributed by atoms with Crippen molar-refractivity contribution in [1.82, 2.24) is 10.2 Å². The fourth-order valence-corrected chi connectivity index (χ4v) is 3.28. The Labute approximate surface area is 96.8 Å². The summed E-state index contributed by atoms with van der Waals surface area (Å²) < 4.78 is 5.53. The predicted molar refractivity (Wildman–Crippen MR) is 63.2 cm³/mol. The minimum absolute atomic E-state index is 0.419. The monoisotopic (exact) mass is 220 g/mol. The molecule has 0 spiro atoms. The smallest absolute Gasteiger partial charge is 0.120 e. The first-order valence-corrected chi connectivity index (χ1v) is 6.36. The van der Waals surface area contributed by atoms with Crippen LogP contribution < -0.4 is 5.32 Å². The number of rotatable bonds is 2. The second kappa shape index (κ2) is 4.22. The lowest BCUT2D eigenvalue weighted by Crippen LogP contribution is -2.46. The summed E-state index contributed by atoms with van der Waals surface area (Å²) in [6, 6.07) is 5.22. The third-order valence-corrected chi connectivity index (χ3v) is 4.17. The quantitative estimate of drug-likeness (QED) is 0.826. The van der Waals surface area contributed by atoms with Crippen molar-refractivity contribution in [1.29, 1.82) is 0 Å². The Bertz CT molecular complexity index is 336. The van der Waals surface area contributed by atoms with Gasteiger partial charge in [-0.2, -0.15) is 0 Å². The van der Waals surface area contributed by atoms with E-state index >= 15 is 0 Å². The van der Waals surface area contributed by atoms with Crippen LogP contribution in [0.2, 0.25) is 0 Å². The number of piperidine rings is 1. The minimum Gasteiger partial charge on any atom is -0.468 e. The van der Waals surface area contributed by atoms with Crippen LogP contribution in [-0.2, 0) is 0 Å². The lowest BCUT2D eigenvalue weighted by atomic mass is 9.90. The number of likely N-dealkylation sites (tertiary alicyclic amines) is 1. The van der Waals surface area contributed by atoms with Crippen LogP contribution in [0.15, 0.2) is 22.8 Å². The summed E-state index contributed by atoms with van der Waals surface area (Å²) >= 11 is 0. The first-order valence-electron chi connectivity index (χ1n) is 6.36. The third kappa shape index (κ3) is 1.68. The number of furan rings is 1. The molecule has 0 saturated carbocycles. The van der Waals surface area contributed by atoms with Gasteiger partial charge in [0.2, 0.25) is 0 Å². The summed E-state index contributed by atoms with van der Waals surface area (Å²) in [5.74, 6) is 1.96. The molecule has 1 N–H and O–H groups in total. The van der Waals surface area contributed by atoms with Crippen molar-refractivity contribution < 1.29 is 4.42 Å². The van der Waals surface area contributed by atoms with Crippen molar-refractivity contribution in [3.63, 3.8) is 0 Å². The highest BCUT2D eigenvalue weighted by atomic mass is 16.3. The molecule has 0 aromatic carbocycles. The standard InChI is InChI=1S/C13H20N2O/c1-10(13-5-3-7-16-13)15-6-2-4-11-8-14-9-12(11)15/h3,5,7,10-12,14H,2,4,6,8-9H2,1H3. The van der Waals surface area contributed by atoms with Crippen LogP contribution in [0.5, 0.6) is 0 Å². The van der Waals surface area contributed by atoms with Gasteiger partial charge in [0, 0.05) is 12.6 Å². The highest BCUT2D eigenvalue weighted by Gasteiger charge is 2.37. The van der Waals surface area contributed by atoms with Crippen LogP contribution in [0, 0.1) is 5.92 Å². The Morgan fingerprint density at radius 1 is 1.50 bits per heavy atom. The van der Waals surface area contributed by atoms with Gasteiger partial charge in [-0.15, -0.1) is 0 Å². The number of hydrogen-bond acceptors (Lipinski definition) is 3. The van der Waals surface area contributed by atoms with E-state index in [1.54, 1.807) is 6.26 Å². The average Bonchev–Trinajstić information content (AvgIpc) is 2.98. The Morgan fingerprint density at radius 3 is 3.25 bits per heavy atom. The molecule has 3 nitrogen and oxygen atoms in total. The highest BCUT2D eigenvalue weighted by molar-refractivity contribution is 5.06. The zero-order valence-electron chi connectivity index (χ0n) is 9.86. The van der Waals surface area contributed by atoms with Crippen LogP contribution in [-0.4, -0.2) is 30.6 Å². The van der Waals surface area contributed by atoms with Gasteiger partial charge in [0.1, 0.15) is 5.76 Å². The first-order chi connectivity index (χ1) is 7.86. The van der Waals surface area contributed by atoms with E-state index in [9.17, 15) is 0 Å². The maximum atomic E-state index is 5.53. The number of nitrogens with zero attached hydrogens (tertiary/aromatic N) is 1. The molecule has 2 saturated heterocycles. The Balaban J connectivity index is 1.78. The first kappa shape index (κ1) is 10.4. The zero-order chi connectivity index (χ0) is 11.0. The summed E-state index contributed by atoms with van der Waals surface area (Å²) in [4.78, 5) is 2.62. The second-order valence-corrected chi connectivity index (χ2v) is 5.06. The van der Waals surface area contributed by atoms with Crippen molar-refractivity contribution in [2.45, 2.75) is 31.8 Å². The van der Waals surface area contributed by atoms with E-state index in [-0.39, 0.29) is 0 Å². The molecule has 0 radical (unpaired) electrons. The van der Waals surface area contributed by atoms with Crippen molar-refractivity contribution >= 4 is 0 Å². The van der Waals surface area contributed by atoms with Gasteiger partial charge in [0.05, 0.1) is 12.3 Å². The van der Waals surface area contributed by atoms with E-state index in [1.807, 2.05) is 6.07 Å². The fourth-order valence-electron chi connectivity index (χ4n) is 3.28. The van der Waals surface area contributed by atoms with E-state index in [0.29, 0.717) is 12.1 Å². The lowest BCUT2D eigenvalue weighted by molar-refractivity contribution is 0.0746. The summed E-state index contributed by atoms with van der Waals surface area (Å²) in [5.41, 5.74) is 0. The maximum absolute atomic E-state index is 5.53. The van der Waals surface area contributed by atoms with Crippen molar-refractivity contribution in [3.8, 4) is 0 Å². The van der Waals surface area contributed by atoms with Gasteiger partial charge in [-0.3, -0.25) is 4.90 Å². The molecule has 0 bridgehead atoms. The van der Waals surface area contributed by atoms with Crippen molar-refractivity contribution in [3.05, 3.63) is 24.2 Å². The maximum Gasteiger partial charge on any atom is 0.120 e. The second-order valence-electron chi connectivity index (χ2n) is 5.06. The molecule has 2 aliphatic heterocycles. The molecule has 1 aromatic rings. The average molecular weight is 220 g/mol. The molecule has 3 unspecified atom stereocenters. The summed E-state index contributed by atoms with van der Waals surface area (Å²) in [7, 11) is 0. The SMILES string of the molecule is CC(c1ccco1)N1CCCC2CNCC21. The highest BCUT2D eigenvalue weighted by Crippen LogP contribution is 2.33. The zero-order valence-corrected chi connectivity index (χ0v) is 9.86. The number of hydrogen-bond donors (Lipinski definition) is 1. The van der Waals surface area contributed by atoms with Crippen LogP contribution in [0.25, 0.3) is 0 Å². The fraction of sp³-hybridized carbons (Fsp3) is 0.692. The van der Waals surface area contributed by atoms with Crippen LogP contribution in [0.3, 0.4) is 0 Å². The van der Waals surface area contributed by atoms with E-state index < -0.39 is 0 Å². The Kier molecular flexibility index (Phi) is 2.74. The van der Waals surface area contributed by atoms with Crippen LogP contribution in [0.1, 0.15) is 31.6 Å². The van der Waals surface area contributed by atoms with Crippen LogP contribution in [0.4, 0.5) is 0 Å². The summed E-state index contributed by atoms with van der Waals surface area (Å²) in [6.45, 7) is 5.83. The van der Waals surface area contributed by atoms with Gasteiger partial charge in [-0.1, -0.05) is 0 Å². The summed E-state index contributed by atoms with van der Waals surface area (Å²) in [6.07, 6.45) is 4.49. The molecule has 3 rings (SSSR count). The number of nitrogens with one attached hydrogen (secondary N) is 1. The molecule has 2 aliphatic rings. The van der Waals surface area contributed by atoms with Gasteiger partial charge in [-0.25, -0.2) is 0 Å². The van der Waals surface area contributed by atoms with Gasteiger partial charge in [0.15, 0.2) is 0 Å². The van der Waals surface area contributed by atoms with Gasteiger partial charge >= 0.3 is 0 Å². The molecule has 3 heterocycles. The van der Waals surface area contributed by atoms with Gasteiger partial charge < -0.3 is 9.73 Å². The molecule has 2 fully saturated rings. The largest absolute Gasteiger partial charge is 0.468 e. The van der Waals surface area contributed by atoms with E-state index in [0.717, 1.165) is 18.2 Å². The molecule has 88 valence electrons. The Morgan fingerprint density at radius 2 is 2.44 bits per heavy atom. The lowest BCUT2D eigenvalue weighted by Gasteiger charge is -2.40. The van der Waals surface area contributed by atoms with Crippen molar-refractivity contribution in [2.24, 2.45) is 5.92 Å². The predicted octanol–water partition coefficient (Wildman–Crippen LogP) is 2.02. The summed E-state index contributed by atoms with van der Waals surface area (Å²) in [5, 5.41) is 3.52. The molecular formula is C13H20N2O. The molecule has 16 heavy (non-hydrogen) atoms. The van der Waals surface area contributed by atoms with Crippen molar-refractivity contribution in [2.75, 3.05) is 19.6 Å². The number of fused-ring (bicyclic) bond motifs is 1.